The van der Waals surface area contributed by atoms with E-state index in [0.717, 1.165) is 19.1 Å². The van der Waals surface area contributed by atoms with E-state index in [1.165, 1.54) is 12.3 Å². The van der Waals surface area contributed by atoms with Crippen LogP contribution in [0.3, 0.4) is 0 Å². The van der Waals surface area contributed by atoms with Crippen LogP contribution in [0.25, 0.3) is 0 Å². The molecular weight excluding hydrogens is 240 g/mol. The lowest BCUT2D eigenvalue weighted by molar-refractivity contribution is 0.0620. The first-order chi connectivity index (χ1) is 8.00. The molecule has 1 aliphatic rings. The summed E-state index contributed by atoms with van der Waals surface area (Å²) in [5, 5.41) is 0. The van der Waals surface area contributed by atoms with Crippen molar-refractivity contribution < 1.29 is 13.2 Å². The molecule has 0 aromatic carbocycles. The maximum absolute atomic E-state index is 11.5. The molecule has 0 radical (unpaired) electrons. The third-order valence-electron chi connectivity index (χ3n) is 2.94. The van der Waals surface area contributed by atoms with Gasteiger partial charge in [0.1, 0.15) is 11.0 Å². The van der Waals surface area contributed by atoms with Crippen molar-refractivity contribution in [1.82, 2.24) is 4.98 Å². The number of hydrogen-bond donors (Lipinski definition) is 1. The number of nitrogens with zero attached hydrogens (tertiary/aromatic N) is 1. The van der Waals surface area contributed by atoms with E-state index in [1.807, 2.05) is 0 Å². The minimum atomic E-state index is -3.29. The summed E-state index contributed by atoms with van der Waals surface area (Å²) in [5.41, 5.74) is 5.52. The van der Waals surface area contributed by atoms with E-state index in [0.29, 0.717) is 12.5 Å². The van der Waals surface area contributed by atoms with Crippen LogP contribution in [0.5, 0.6) is 5.88 Å². The monoisotopic (exact) mass is 256 g/mol. The summed E-state index contributed by atoms with van der Waals surface area (Å²) in [6.45, 7) is 0.654. The highest BCUT2D eigenvalue weighted by atomic mass is 32.2. The van der Waals surface area contributed by atoms with Gasteiger partial charge in [0, 0.05) is 12.5 Å². The molecule has 1 heterocycles. The first-order valence-corrected chi connectivity index (χ1v) is 7.41. The molecule has 0 bridgehead atoms. The molecule has 1 fully saturated rings. The van der Waals surface area contributed by atoms with Crippen LogP contribution in [0.15, 0.2) is 23.2 Å². The second-order valence-electron chi connectivity index (χ2n) is 4.39. The predicted molar refractivity (Wildman–Crippen MR) is 63.5 cm³/mol. The summed E-state index contributed by atoms with van der Waals surface area (Å²) in [7, 11) is -3.29. The molecule has 0 unspecified atom stereocenters. The van der Waals surface area contributed by atoms with Gasteiger partial charge in [-0.25, -0.2) is 13.4 Å². The largest absolute Gasteiger partial charge is 0.473 e. The van der Waals surface area contributed by atoms with Crippen LogP contribution in [0.1, 0.15) is 12.8 Å². The molecule has 1 aromatic rings. The van der Waals surface area contributed by atoms with Gasteiger partial charge in [0.15, 0.2) is 9.84 Å². The molecule has 6 heteroatoms. The van der Waals surface area contributed by atoms with E-state index in [9.17, 15) is 8.42 Å². The van der Waals surface area contributed by atoms with Gasteiger partial charge in [-0.3, -0.25) is 0 Å². The lowest BCUT2D eigenvalue weighted by Gasteiger charge is -2.34. The van der Waals surface area contributed by atoms with Crippen LogP contribution >= 0.6 is 0 Å². The van der Waals surface area contributed by atoms with Crippen molar-refractivity contribution in [1.29, 1.82) is 0 Å². The summed E-state index contributed by atoms with van der Waals surface area (Å²) in [5.74, 6) is 0.695. The van der Waals surface area contributed by atoms with Crippen LogP contribution in [0.4, 0.5) is 0 Å². The highest BCUT2D eigenvalue weighted by Gasteiger charge is 2.31. The average molecular weight is 256 g/mol. The minimum Gasteiger partial charge on any atom is -0.473 e. The standard InChI is InChI=1S/C11H16N2O3S/c1-17(14,15)10-3-2-4-13-11(10)16-9-5-8(6-9)7-12/h2-4,8-9H,5-7,12H2,1H3. The Kier molecular flexibility index (Phi) is 3.35. The zero-order valence-electron chi connectivity index (χ0n) is 9.67. The number of sulfone groups is 1. The lowest BCUT2D eigenvalue weighted by atomic mass is 9.82. The fourth-order valence-corrected chi connectivity index (χ4v) is 2.61. The molecule has 0 spiro atoms. The molecule has 17 heavy (non-hydrogen) atoms. The average Bonchev–Trinajstić information content (AvgIpc) is 2.22. The summed E-state index contributed by atoms with van der Waals surface area (Å²) < 4.78 is 28.6. The number of nitrogens with two attached hydrogens (primary N) is 1. The van der Waals surface area contributed by atoms with Crippen molar-refractivity contribution in [2.45, 2.75) is 23.8 Å². The number of pyridine rings is 1. The second-order valence-corrected chi connectivity index (χ2v) is 6.38. The molecule has 0 saturated heterocycles. The van der Waals surface area contributed by atoms with Crippen LogP contribution in [-0.2, 0) is 9.84 Å². The third kappa shape index (κ3) is 2.76. The Labute approximate surface area is 101 Å². The fraction of sp³-hybridized carbons (Fsp3) is 0.545. The highest BCUT2D eigenvalue weighted by Crippen LogP contribution is 2.31. The quantitative estimate of drug-likeness (QED) is 0.853. The van der Waals surface area contributed by atoms with Gasteiger partial charge in [0.25, 0.3) is 0 Å². The summed E-state index contributed by atoms with van der Waals surface area (Å²) >= 11 is 0. The number of rotatable bonds is 4. The van der Waals surface area contributed by atoms with Gasteiger partial charge in [-0.05, 0) is 37.4 Å². The van der Waals surface area contributed by atoms with Crippen molar-refractivity contribution in [2.24, 2.45) is 11.7 Å². The summed E-state index contributed by atoms with van der Waals surface area (Å²) in [6, 6.07) is 3.10. The van der Waals surface area contributed by atoms with E-state index in [4.69, 9.17) is 10.5 Å². The molecule has 2 rings (SSSR count). The van der Waals surface area contributed by atoms with Gasteiger partial charge < -0.3 is 10.5 Å². The molecule has 1 saturated carbocycles. The maximum atomic E-state index is 11.5. The molecule has 0 atom stereocenters. The van der Waals surface area contributed by atoms with Crippen molar-refractivity contribution in [2.75, 3.05) is 12.8 Å². The van der Waals surface area contributed by atoms with Gasteiger partial charge in [0.05, 0.1) is 0 Å². The van der Waals surface area contributed by atoms with E-state index in [2.05, 4.69) is 4.98 Å². The van der Waals surface area contributed by atoms with Gasteiger partial charge in [-0.2, -0.15) is 0 Å². The Bertz CT molecular complexity index is 495. The molecule has 0 amide bonds. The molecule has 2 N–H and O–H groups in total. The second kappa shape index (κ2) is 4.62. The SMILES string of the molecule is CS(=O)(=O)c1cccnc1OC1CC(CN)C1. The zero-order chi connectivity index (χ0) is 12.5. The molecule has 1 aliphatic carbocycles. The van der Waals surface area contributed by atoms with E-state index >= 15 is 0 Å². The molecule has 0 aliphatic heterocycles. The fourth-order valence-electron chi connectivity index (χ4n) is 1.87. The number of hydrogen-bond acceptors (Lipinski definition) is 5. The predicted octanol–water partition coefficient (Wildman–Crippen LogP) is 0.601. The number of aromatic nitrogens is 1. The summed E-state index contributed by atoms with van der Waals surface area (Å²) in [4.78, 5) is 4.13. The van der Waals surface area contributed by atoms with E-state index < -0.39 is 9.84 Å². The topological polar surface area (TPSA) is 82.3 Å². The normalized spacial score (nSPS) is 24.1. The van der Waals surface area contributed by atoms with Crippen LogP contribution in [-0.4, -0.2) is 32.3 Å². The van der Waals surface area contributed by atoms with Crippen LogP contribution in [0, 0.1) is 5.92 Å². The van der Waals surface area contributed by atoms with Gasteiger partial charge in [-0.1, -0.05) is 0 Å². The Balaban J connectivity index is 2.12. The molecular formula is C11H16N2O3S. The molecule has 5 nitrogen and oxygen atoms in total. The third-order valence-corrected chi connectivity index (χ3v) is 4.05. The highest BCUT2D eigenvalue weighted by molar-refractivity contribution is 7.90. The van der Waals surface area contributed by atoms with E-state index in [1.54, 1.807) is 6.07 Å². The lowest BCUT2D eigenvalue weighted by Crippen LogP contribution is -2.38. The van der Waals surface area contributed by atoms with Crippen molar-refractivity contribution in [3.05, 3.63) is 18.3 Å². The van der Waals surface area contributed by atoms with Gasteiger partial charge >= 0.3 is 0 Å². The molecule has 94 valence electrons. The van der Waals surface area contributed by atoms with Gasteiger partial charge in [0.2, 0.25) is 5.88 Å². The van der Waals surface area contributed by atoms with Crippen LogP contribution in [0.2, 0.25) is 0 Å². The van der Waals surface area contributed by atoms with Crippen molar-refractivity contribution in [3.8, 4) is 5.88 Å². The summed E-state index contributed by atoms with van der Waals surface area (Å²) in [6.07, 6.45) is 4.47. The van der Waals surface area contributed by atoms with Crippen molar-refractivity contribution in [3.63, 3.8) is 0 Å². The van der Waals surface area contributed by atoms with Crippen LogP contribution < -0.4 is 10.5 Å². The first-order valence-electron chi connectivity index (χ1n) is 5.52. The van der Waals surface area contributed by atoms with E-state index in [-0.39, 0.29) is 16.9 Å². The Morgan fingerprint density at radius 3 is 2.82 bits per heavy atom. The Morgan fingerprint density at radius 2 is 2.24 bits per heavy atom. The maximum Gasteiger partial charge on any atom is 0.232 e. The number of ether oxygens (including phenoxy) is 1. The smallest absolute Gasteiger partial charge is 0.232 e. The van der Waals surface area contributed by atoms with Crippen molar-refractivity contribution >= 4 is 9.84 Å². The Hall–Kier alpha value is -1.14. The molecule has 1 aromatic heterocycles. The first kappa shape index (κ1) is 12.3. The Morgan fingerprint density at radius 1 is 1.53 bits per heavy atom. The minimum absolute atomic E-state index is 0.0407. The zero-order valence-corrected chi connectivity index (χ0v) is 10.5. The van der Waals surface area contributed by atoms with Gasteiger partial charge in [-0.15, -0.1) is 0 Å².